The van der Waals surface area contributed by atoms with Gasteiger partial charge < -0.3 is 19.7 Å². The first-order valence-electron chi connectivity index (χ1n) is 8.82. The molecule has 1 saturated heterocycles. The van der Waals surface area contributed by atoms with Crippen LogP contribution in [-0.4, -0.2) is 55.5 Å². The number of aromatic nitrogens is 2. The van der Waals surface area contributed by atoms with E-state index in [-0.39, 0.29) is 22.6 Å². The highest BCUT2D eigenvalue weighted by molar-refractivity contribution is 9.10. The summed E-state index contributed by atoms with van der Waals surface area (Å²) < 4.78 is 38.7. The number of alkyl halides is 2. The minimum absolute atomic E-state index is 0.0780. The SMILES string of the molecule is O=C(Nc1nc(=O)n([C@@H]2O[C@H](CO)C(O)C2(F)F)cc1Br)OCc1ccc([N+](=O)[O-])cc1. The summed E-state index contributed by atoms with van der Waals surface area (Å²) in [5.74, 6) is -4.22. The number of nitrogens with zero attached hydrogens (tertiary/aromatic N) is 3. The fourth-order valence-corrected chi connectivity index (χ4v) is 3.22. The van der Waals surface area contributed by atoms with Gasteiger partial charge in [-0.1, -0.05) is 0 Å². The number of carbonyl (C=O) groups is 1. The number of benzene rings is 1. The second-order valence-electron chi connectivity index (χ2n) is 6.58. The van der Waals surface area contributed by atoms with E-state index < -0.39 is 47.7 Å². The molecule has 0 saturated carbocycles. The third-order valence-corrected chi connectivity index (χ3v) is 5.04. The van der Waals surface area contributed by atoms with E-state index in [4.69, 9.17) is 14.6 Å². The molecule has 12 nitrogen and oxygen atoms in total. The largest absolute Gasteiger partial charge is 0.444 e. The Morgan fingerprint density at radius 2 is 2.06 bits per heavy atom. The molecule has 0 spiro atoms. The summed E-state index contributed by atoms with van der Waals surface area (Å²) in [5, 5.41) is 31.4. The van der Waals surface area contributed by atoms with E-state index in [1.807, 2.05) is 0 Å². The molecule has 172 valence electrons. The van der Waals surface area contributed by atoms with Crippen LogP contribution in [0, 0.1) is 10.1 Å². The van der Waals surface area contributed by atoms with Crippen molar-refractivity contribution in [1.29, 1.82) is 0 Å². The molecule has 3 atom stereocenters. The molecule has 0 aliphatic carbocycles. The first-order valence-corrected chi connectivity index (χ1v) is 9.62. The molecule has 1 aromatic heterocycles. The number of rotatable bonds is 6. The third-order valence-electron chi connectivity index (χ3n) is 4.46. The van der Waals surface area contributed by atoms with E-state index in [0.29, 0.717) is 10.1 Å². The van der Waals surface area contributed by atoms with Crippen LogP contribution in [0.3, 0.4) is 0 Å². The van der Waals surface area contributed by atoms with Crippen molar-refractivity contribution < 1.29 is 38.2 Å². The van der Waals surface area contributed by atoms with Gasteiger partial charge in [0.05, 0.1) is 16.0 Å². The van der Waals surface area contributed by atoms with Crippen LogP contribution in [0.1, 0.15) is 11.8 Å². The van der Waals surface area contributed by atoms with Crippen molar-refractivity contribution in [2.45, 2.75) is 31.0 Å². The smallest absolute Gasteiger partial charge is 0.413 e. The van der Waals surface area contributed by atoms with Gasteiger partial charge in [-0.2, -0.15) is 13.8 Å². The predicted octanol–water partition coefficient (Wildman–Crippen LogP) is 1.55. The van der Waals surface area contributed by atoms with Gasteiger partial charge in [0.15, 0.2) is 11.9 Å². The van der Waals surface area contributed by atoms with Crippen LogP contribution in [0.25, 0.3) is 0 Å². The summed E-state index contributed by atoms with van der Waals surface area (Å²) in [6, 6.07) is 5.23. The minimum Gasteiger partial charge on any atom is -0.444 e. The molecule has 3 rings (SSSR count). The number of amides is 1. The Morgan fingerprint density at radius 3 is 2.62 bits per heavy atom. The molecule has 1 unspecified atom stereocenters. The molecule has 1 amide bonds. The van der Waals surface area contributed by atoms with Gasteiger partial charge >= 0.3 is 17.7 Å². The number of aliphatic hydroxyl groups is 2. The maximum Gasteiger partial charge on any atom is 0.413 e. The topological polar surface area (TPSA) is 166 Å². The second kappa shape index (κ2) is 9.23. The first-order chi connectivity index (χ1) is 15.0. The van der Waals surface area contributed by atoms with Crippen LogP contribution in [0.2, 0.25) is 0 Å². The molecule has 32 heavy (non-hydrogen) atoms. The lowest BCUT2D eigenvalue weighted by molar-refractivity contribution is -0.384. The molecule has 1 aromatic carbocycles. The number of ether oxygens (including phenoxy) is 2. The van der Waals surface area contributed by atoms with Crippen molar-refractivity contribution in [3.63, 3.8) is 0 Å². The minimum atomic E-state index is -3.89. The summed E-state index contributed by atoms with van der Waals surface area (Å²) in [4.78, 5) is 37.8. The summed E-state index contributed by atoms with van der Waals surface area (Å²) in [7, 11) is 0. The van der Waals surface area contributed by atoms with Crippen LogP contribution < -0.4 is 11.0 Å². The van der Waals surface area contributed by atoms with E-state index in [1.54, 1.807) is 0 Å². The Morgan fingerprint density at radius 1 is 1.41 bits per heavy atom. The van der Waals surface area contributed by atoms with Crippen molar-refractivity contribution >= 4 is 33.5 Å². The number of hydrogen-bond donors (Lipinski definition) is 3. The van der Waals surface area contributed by atoms with Crippen molar-refractivity contribution in [2.75, 3.05) is 11.9 Å². The average Bonchev–Trinajstić information content (AvgIpc) is 2.98. The molecule has 1 aliphatic heterocycles. The van der Waals surface area contributed by atoms with Gasteiger partial charge in [-0.3, -0.25) is 20.0 Å². The van der Waals surface area contributed by atoms with Gasteiger partial charge in [0.1, 0.15) is 12.7 Å². The maximum atomic E-state index is 14.3. The molecule has 3 N–H and O–H groups in total. The maximum absolute atomic E-state index is 14.3. The monoisotopic (exact) mass is 520 g/mol. The Kier molecular flexibility index (Phi) is 6.82. The molecular formula is C17H15BrF2N4O8. The molecule has 1 aliphatic rings. The van der Waals surface area contributed by atoms with E-state index in [2.05, 4.69) is 26.2 Å². The van der Waals surface area contributed by atoms with E-state index >= 15 is 0 Å². The number of aliphatic hydroxyl groups excluding tert-OH is 2. The van der Waals surface area contributed by atoms with Crippen molar-refractivity contribution in [3.05, 3.63) is 61.1 Å². The number of carbonyl (C=O) groups excluding carboxylic acids is 1. The van der Waals surface area contributed by atoms with Crippen LogP contribution in [0.5, 0.6) is 0 Å². The zero-order chi connectivity index (χ0) is 23.6. The molecule has 1 fully saturated rings. The highest BCUT2D eigenvalue weighted by Crippen LogP contribution is 2.42. The number of nitro benzene ring substituents is 1. The van der Waals surface area contributed by atoms with E-state index in [1.165, 1.54) is 24.3 Å². The van der Waals surface area contributed by atoms with Gasteiger partial charge in [0, 0.05) is 18.3 Å². The fraction of sp³-hybridized carbons (Fsp3) is 0.353. The Hall–Kier alpha value is -3.01. The summed E-state index contributed by atoms with van der Waals surface area (Å²) >= 11 is 2.99. The van der Waals surface area contributed by atoms with E-state index in [0.717, 1.165) is 6.20 Å². The normalized spacial score (nSPS) is 21.8. The first kappa shape index (κ1) is 23.6. The zero-order valence-corrected chi connectivity index (χ0v) is 17.4. The number of nitrogens with one attached hydrogen (secondary N) is 1. The van der Waals surface area contributed by atoms with Crippen LogP contribution in [0.15, 0.2) is 39.7 Å². The molecule has 2 aromatic rings. The van der Waals surface area contributed by atoms with Crippen molar-refractivity contribution in [1.82, 2.24) is 9.55 Å². The summed E-state index contributed by atoms with van der Waals surface area (Å²) in [5.41, 5.74) is -0.915. The van der Waals surface area contributed by atoms with Crippen molar-refractivity contribution in [2.24, 2.45) is 0 Å². The summed E-state index contributed by atoms with van der Waals surface area (Å²) in [6.45, 7) is -1.14. The van der Waals surface area contributed by atoms with Gasteiger partial charge in [-0.25, -0.2) is 9.59 Å². The Bertz CT molecular complexity index is 1080. The van der Waals surface area contributed by atoms with Crippen LogP contribution in [0.4, 0.5) is 25.1 Å². The lowest BCUT2D eigenvalue weighted by Crippen LogP contribution is -2.42. The standard InChI is InChI=1S/C17H15BrF2N4O8/c18-10-5-23(14-17(19,20)12(26)11(6-25)32-14)15(27)21-13(10)22-16(28)31-7-8-1-3-9(4-2-8)24(29)30/h1-5,11-12,14,25-26H,6-7H2,(H,21,22,27,28)/t11-,12?,14-/m1/s1. The Labute approximate surface area is 185 Å². The zero-order valence-electron chi connectivity index (χ0n) is 15.9. The molecular weight excluding hydrogens is 506 g/mol. The quantitative estimate of drug-likeness (QED) is 0.378. The highest BCUT2D eigenvalue weighted by Gasteiger charge is 2.59. The lowest BCUT2D eigenvalue weighted by Gasteiger charge is -2.21. The van der Waals surface area contributed by atoms with Gasteiger partial charge in [-0.15, -0.1) is 0 Å². The fourth-order valence-electron chi connectivity index (χ4n) is 2.81. The molecule has 2 heterocycles. The average molecular weight is 521 g/mol. The lowest BCUT2D eigenvalue weighted by atomic mass is 10.1. The number of anilines is 1. The number of nitro groups is 1. The third kappa shape index (κ3) is 4.74. The summed E-state index contributed by atoms with van der Waals surface area (Å²) in [6.07, 6.45) is -6.32. The number of hydrogen-bond acceptors (Lipinski definition) is 9. The van der Waals surface area contributed by atoms with Gasteiger partial charge in [0.2, 0.25) is 6.23 Å². The van der Waals surface area contributed by atoms with Crippen molar-refractivity contribution in [3.8, 4) is 0 Å². The van der Waals surface area contributed by atoms with Gasteiger partial charge in [-0.05, 0) is 33.6 Å². The Balaban J connectivity index is 1.69. The van der Waals surface area contributed by atoms with Crippen LogP contribution >= 0.6 is 15.9 Å². The molecule has 15 heteroatoms. The van der Waals surface area contributed by atoms with E-state index in [9.17, 15) is 33.6 Å². The van der Waals surface area contributed by atoms with Crippen LogP contribution in [-0.2, 0) is 16.1 Å². The molecule has 0 bridgehead atoms. The second-order valence-corrected chi connectivity index (χ2v) is 7.44. The van der Waals surface area contributed by atoms with Gasteiger partial charge in [0.25, 0.3) is 5.69 Å². The number of non-ortho nitro benzene ring substituents is 1. The highest BCUT2D eigenvalue weighted by atomic mass is 79.9. The molecule has 0 radical (unpaired) electrons. The number of halogens is 3. The predicted molar refractivity (Wildman–Crippen MR) is 105 cm³/mol.